The Balaban J connectivity index is 2.52. The van der Waals surface area contributed by atoms with E-state index in [0.29, 0.717) is 11.2 Å². The monoisotopic (exact) mass is 228 g/mol. The second-order valence-electron chi connectivity index (χ2n) is 3.72. The zero-order valence-electron chi connectivity index (χ0n) is 8.66. The van der Waals surface area contributed by atoms with Crippen molar-refractivity contribution in [2.45, 2.75) is 0 Å². The molecule has 3 aromatic rings. The van der Waals surface area contributed by atoms with E-state index in [4.69, 9.17) is 5.11 Å². The van der Waals surface area contributed by atoms with Crippen molar-refractivity contribution in [3.8, 4) is 5.75 Å². The van der Waals surface area contributed by atoms with E-state index in [1.54, 1.807) is 28.7 Å². The molecule has 0 saturated heterocycles. The second kappa shape index (κ2) is 3.21. The van der Waals surface area contributed by atoms with Crippen LogP contribution in [0.25, 0.3) is 16.6 Å². The number of imidazole rings is 1. The third-order valence-corrected chi connectivity index (χ3v) is 2.67. The number of aromatic nitrogens is 2. The summed E-state index contributed by atoms with van der Waals surface area (Å²) in [6.45, 7) is 0. The Bertz CT molecular complexity index is 746. The zero-order chi connectivity index (χ0) is 12.0. The maximum atomic E-state index is 11.1. The van der Waals surface area contributed by atoms with E-state index in [0.717, 1.165) is 5.39 Å². The molecule has 2 N–H and O–H groups in total. The fourth-order valence-corrected chi connectivity index (χ4v) is 1.93. The summed E-state index contributed by atoms with van der Waals surface area (Å²) in [5, 5.41) is 19.2. The Morgan fingerprint density at radius 1 is 1.24 bits per heavy atom. The Labute approximate surface area is 95.6 Å². The molecule has 5 heteroatoms. The molecule has 0 aliphatic rings. The highest BCUT2D eigenvalue weighted by Gasteiger charge is 2.12. The summed E-state index contributed by atoms with van der Waals surface area (Å²) in [5.41, 5.74) is 1.38. The van der Waals surface area contributed by atoms with Crippen molar-refractivity contribution in [3.05, 3.63) is 42.2 Å². The van der Waals surface area contributed by atoms with Crippen LogP contribution in [0.4, 0.5) is 0 Å². The first-order valence-electron chi connectivity index (χ1n) is 4.99. The lowest BCUT2D eigenvalue weighted by Gasteiger charge is -2.04. The summed E-state index contributed by atoms with van der Waals surface area (Å²) in [7, 11) is 0. The first-order chi connectivity index (χ1) is 8.16. The van der Waals surface area contributed by atoms with Crippen LogP contribution >= 0.6 is 0 Å². The Kier molecular flexibility index (Phi) is 1.82. The summed E-state index contributed by atoms with van der Waals surface area (Å²) in [6, 6.07) is 8.29. The van der Waals surface area contributed by atoms with Gasteiger partial charge in [0.15, 0.2) is 5.69 Å². The van der Waals surface area contributed by atoms with Gasteiger partial charge < -0.3 is 10.2 Å². The summed E-state index contributed by atoms with van der Waals surface area (Å²) >= 11 is 0. The highest BCUT2D eigenvalue weighted by Crippen LogP contribution is 2.22. The third kappa shape index (κ3) is 1.32. The lowest BCUT2D eigenvalue weighted by Crippen LogP contribution is -2.02. The first kappa shape index (κ1) is 9.65. The predicted octanol–water partition coefficient (Wildman–Crippen LogP) is 1.89. The molecular weight excluding hydrogens is 220 g/mol. The van der Waals surface area contributed by atoms with Crippen LogP contribution in [0.3, 0.4) is 0 Å². The van der Waals surface area contributed by atoms with E-state index in [1.165, 1.54) is 12.3 Å². The molecular formula is C12H8N2O3. The number of carbonyl (C=O) groups is 1. The molecule has 0 unspecified atom stereocenters. The second-order valence-corrected chi connectivity index (χ2v) is 3.72. The van der Waals surface area contributed by atoms with Gasteiger partial charge in [-0.05, 0) is 30.3 Å². The molecule has 0 saturated carbocycles. The minimum absolute atomic E-state index is 0.108. The molecule has 0 atom stereocenters. The van der Waals surface area contributed by atoms with E-state index in [-0.39, 0.29) is 11.4 Å². The SMILES string of the molecule is O=C(O)c1cnc2ccc3cc(O)ccc3n12. The van der Waals surface area contributed by atoms with Crippen molar-refractivity contribution in [2.24, 2.45) is 0 Å². The van der Waals surface area contributed by atoms with Crippen LogP contribution in [-0.4, -0.2) is 25.6 Å². The smallest absolute Gasteiger partial charge is 0.354 e. The molecule has 0 bridgehead atoms. The minimum atomic E-state index is -1.03. The van der Waals surface area contributed by atoms with Crippen LogP contribution in [0.2, 0.25) is 0 Å². The van der Waals surface area contributed by atoms with Crippen molar-refractivity contribution in [1.29, 1.82) is 0 Å². The van der Waals surface area contributed by atoms with E-state index < -0.39 is 5.97 Å². The Hall–Kier alpha value is -2.56. The molecule has 3 rings (SSSR count). The average Bonchev–Trinajstić information content (AvgIpc) is 2.72. The summed E-state index contributed by atoms with van der Waals surface area (Å²) < 4.78 is 1.55. The molecule has 17 heavy (non-hydrogen) atoms. The first-order valence-corrected chi connectivity index (χ1v) is 4.99. The fourth-order valence-electron chi connectivity index (χ4n) is 1.93. The summed E-state index contributed by atoms with van der Waals surface area (Å²) in [5.74, 6) is -0.882. The van der Waals surface area contributed by atoms with Crippen molar-refractivity contribution >= 4 is 22.5 Å². The van der Waals surface area contributed by atoms with Crippen LogP contribution in [0, 0.1) is 0 Å². The number of aromatic hydroxyl groups is 1. The molecule has 84 valence electrons. The predicted molar refractivity (Wildman–Crippen MR) is 61.3 cm³/mol. The normalized spacial score (nSPS) is 11.1. The largest absolute Gasteiger partial charge is 0.508 e. The average molecular weight is 228 g/mol. The van der Waals surface area contributed by atoms with Gasteiger partial charge in [0.25, 0.3) is 0 Å². The number of carboxylic acids is 1. The van der Waals surface area contributed by atoms with Gasteiger partial charge in [0, 0.05) is 5.39 Å². The maximum Gasteiger partial charge on any atom is 0.354 e. The molecule has 5 nitrogen and oxygen atoms in total. The molecule has 2 aromatic heterocycles. The molecule has 0 spiro atoms. The van der Waals surface area contributed by atoms with Crippen LogP contribution in [0.15, 0.2) is 36.5 Å². The van der Waals surface area contributed by atoms with E-state index in [1.807, 2.05) is 0 Å². The number of phenols is 1. The van der Waals surface area contributed by atoms with Gasteiger partial charge in [-0.25, -0.2) is 9.78 Å². The van der Waals surface area contributed by atoms with E-state index in [9.17, 15) is 9.90 Å². The minimum Gasteiger partial charge on any atom is -0.508 e. The molecule has 0 radical (unpaired) electrons. The van der Waals surface area contributed by atoms with E-state index >= 15 is 0 Å². The standard InChI is InChI=1S/C12H8N2O3/c15-8-2-3-9-7(5-8)1-4-11-13-6-10(12(16)17)14(9)11/h1-6,15H,(H,16,17). The number of aromatic carboxylic acids is 1. The van der Waals surface area contributed by atoms with Crippen molar-refractivity contribution in [2.75, 3.05) is 0 Å². The quantitative estimate of drug-likeness (QED) is 0.667. The fraction of sp³-hybridized carbons (Fsp3) is 0. The lowest BCUT2D eigenvalue weighted by molar-refractivity contribution is 0.0690. The number of phenolic OH excluding ortho intramolecular Hbond substituents is 1. The van der Waals surface area contributed by atoms with Crippen LogP contribution in [0.5, 0.6) is 5.75 Å². The van der Waals surface area contributed by atoms with Gasteiger partial charge in [0.1, 0.15) is 11.4 Å². The van der Waals surface area contributed by atoms with Gasteiger partial charge >= 0.3 is 5.97 Å². The molecule has 0 aliphatic heterocycles. The molecule has 0 aliphatic carbocycles. The molecule has 0 amide bonds. The number of hydrogen-bond acceptors (Lipinski definition) is 3. The van der Waals surface area contributed by atoms with Gasteiger partial charge in [-0.2, -0.15) is 0 Å². The van der Waals surface area contributed by atoms with Crippen molar-refractivity contribution in [1.82, 2.24) is 9.38 Å². The summed E-state index contributed by atoms with van der Waals surface area (Å²) in [6.07, 6.45) is 1.32. The van der Waals surface area contributed by atoms with Gasteiger partial charge in [0.05, 0.1) is 11.7 Å². The number of nitrogens with zero attached hydrogens (tertiary/aromatic N) is 2. The molecule has 1 aromatic carbocycles. The van der Waals surface area contributed by atoms with Gasteiger partial charge in [-0.1, -0.05) is 0 Å². The van der Waals surface area contributed by atoms with Crippen LogP contribution < -0.4 is 0 Å². The number of hydrogen-bond donors (Lipinski definition) is 2. The van der Waals surface area contributed by atoms with Gasteiger partial charge in [-0.15, -0.1) is 0 Å². The number of pyridine rings is 1. The molecule has 2 heterocycles. The third-order valence-electron chi connectivity index (χ3n) is 2.67. The topological polar surface area (TPSA) is 74.8 Å². The number of benzene rings is 1. The van der Waals surface area contributed by atoms with Crippen molar-refractivity contribution < 1.29 is 15.0 Å². The zero-order valence-corrected chi connectivity index (χ0v) is 8.66. The Morgan fingerprint density at radius 2 is 2.06 bits per heavy atom. The number of fused-ring (bicyclic) bond motifs is 3. The number of carboxylic acid groups (broad SMARTS) is 1. The van der Waals surface area contributed by atoms with Gasteiger partial charge in [-0.3, -0.25) is 4.40 Å². The maximum absolute atomic E-state index is 11.1. The highest BCUT2D eigenvalue weighted by molar-refractivity contribution is 5.91. The Morgan fingerprint density at radius 3 is 2.82 bits per heavy atom. The van der Waals surface area contributed by atoms with Crippen LogP contribution in [-0.2, 0) is 0 Å². The van der Waals surface area contributed by atoms with Gasteiger partial charge in [0.2, 0.25) is 0 Å². The van der Waals surface area contributed by atoms with Crippen molar-refractivity contribution in [3.63, 3.8) is 0 Å². The molecule has 0 fully saturated rings. The van der Waals surface area contributed by atoms with Crippen LogP contribution in [0.1, 0.15) is 10.5 Å². The summed E-state index contributed by atoms with van der Waals surface area (Å²) in [4.78, 5) is 15.1. The lowest BCUT2D eigenvalue weighted by atomic mass is 10.2. The number of rotatable bonds is 1. The highest BCUT2D eigenvalue weighted by atomic mass is 16.4. The van der Waals surface area contributed by atoms with E-state index in [2.05, 4.69) is 4.98 Å².